The molecule has 0 aromatic rings. The molecule has 0 heterocycles. The average molecular weight is 190 g/mol. The zero-order valence-electron chi connectivity index (χ0n) is 3.40. The summed E-state index contributed by atoms with van der Waals surface area (Å²) in [6.45, 7) is 1.98. The normalized spacial score (nSPS) is 6.17. The Labute approximate surface area is 56.9 Å². The first-order chi connectivity index (χ1) is 2.41. The van der Waals surface area contributed by atoms with E-state index in [1.54, 1.807) is 0 Å². The molecule has 0 rings (SSSR count). The van der Waals surface area contributed by atoms with Gasteiger partial charge < -0.3 is 4.79 Å². The molecular formula is C4H11InO. The van der Waals surface area contributed by atoms with E-state index in [4.69, 9.17) is 0 Å². The molecule has 2 heteroatoms. The first-order valence-corrected chi connectivity index (χ1v) is 1.85. The fraction of sp³-hybridized carbons (Fsp3) is 0.750. The van der Waals surface area contributed by atoms with Crippen molar-refractivity contribution in [2.24, 2.45) is 0 Å². The Morgan fingerprint density at radius 3 is 2.17 bits per heavy atom. The van der Waals surface area contributed by atoms with Gasteiger partial charge in [-0.1, -0.05) is 6.92 Å². The van der Waals surface area contributed by atoms with Crippen molar-refractivity contribution in [3.63, 3.8) is 0 Å². The number of carbonyl (C=O) groups is 1. The molecule has 0 unspecified atom stereocenters. The summed E-state index contributed by atoms with van der Waals surface area (Å²) in [6.07, 6.45) is 2.61. The monoisotopic (exact) mass is 190 g/mol. The molecule has 0 saturated heterocycles. The Hall–Kier alpha value is 0.540. The second-order valence-corrected chi connectivity index (χ2v) is 0.955. The van der Waals surface area contributed by atoms with Crippen LogP contribution in [0.25, 0.3) is 0 Å². The Balaban J connectivity index is 0. The van der Waals surface area contributed by atoms with Gasteiger partial charge in [-0.3, -0.25) is 0 Å². The molecule has 0 bridgehead atoms. The third-order valence-electron chi connectivity index (χ3n) is 0.407. The summed E-state index contributed by atoms with van der Waals surface area (Å²) >= 11 is 0. The number of carbonyl (C=O) groups excluding carboxylic acids is 1. The molecule has 0 amide bonds. The summed E-state index contributed by atoms with van der Waals surface area (Å²) in [7, 11) is 0. The summed E-state index contributed by atoms with van der Waals surface area (Å²) in [4.78, 5) is 9.40. The summed E-state index contributed by atoms with van der Waals surface area (Å²) in [5, 5.41) is 0. The van der Waals surface area contributed by atoms with E-state index in [9.17, 15) is 4.79 Å². The zero-order chi connectivity index (χ0) is 4.12. The van der Waals surface area contributed by atoms with E-state index in [2.05, 4.69) is 0 Å². The van der Waals surface area contributed by atoms with Crippen LogP contribution in [-0.2, 0) is 4.79 Å². The molecule has 0 aliphatic heterocycles. The van der Waals surface area contributed by atoms with Crippen LogP contribution in [-0.4, -0.2) is 32.1 Å². The predicted octanol–water partition coefficient (Wildman–Crippen LogP) is -0.198. The molecule has 6 heavy (non-hydrogen) atoms. The van der Waals surface area contributed by atoms with E-state index in [0.29, 0.717) is 6.42 Å². The SMILES string of the molecule is CCCC=O.[InH3]. The van der Waals surface area contributed by atoms with Crippen LogP contribution in [0, 0.1) is 0 Å². The molecule has 0 saturated carbocycles. The molecule has 0 fully saturated rings. The number of hydrogen-bond acceptors (Lipinski definition) is 1. The van der Waals surface area contributed by atoms with E-state index in [0.717, 1.165) is 12.7 Å². The maximum atomic E-state index is 9.40. The molecule has 0 aromatic heterocycles. The van der Waals surface area contributed by atoms with Gasteiger partial charge in [0.25, 0.3) is 0 Å². The van der Waals surface area contributed by atoms with Crippen LogP contribution < -0.4 is 0 Å². The first-order valence-electron chi connectivity index (χ1n) is 1.85. The van der Waals surface area contributed by atoms with Gasteiger partial charge in [-0.05, 0) is 6.42 Å². The Kier molecular flexibility index (Phi) is 14.8. The van der Waals surface area contributed by atoms with E-state index in [1.807, 2.05) is 6.92 Å². The number of hydrogen-bond donors (Lipinski definition) is 0. The quantitative estimate of drug-likeness (QED) is 0.551. The topological polar surface area (TPSA) is 17.1 Å². The van der Waals surface area contributed by atoms with Gasteiger partial charge in [-0.25, -0.2) is 0 Å². The third kappa shape index (κ3) is 8.82. The summed E-state index contributed by atoms with van der Waals surface area (Å²) in [5.74, 6) is 0. The predicted molar refractivity (Wildman–Crippen MR) is 30.9 cm³/mol. The van der Waals surface area contributed by atoms with Crippen molar-refractivity contribution >= 4 is 32.1 Å². The molecule has 0 atom stereocenters. The maximum absolute atomic E-state index is 9.40. The number of aldehydes is 1. The molecule has 1 nitrogen and oxygen atoms in total. The minimum atomic E-state index is 0. The van der Waals surface area contributed by atoms with Gasteiger partial charge in [0.15, 0.2) is 0 Å². The van der Waals surface area contributed by atoms with E-state index < -0.39 is 0 Å². The summed E-state index contributed by atoms with van der Waals surface area (Å²) in [6, 6.07) is 0. The van der Waals surface area contributed by atoms with Crippen molar-refractivity contribution in [3.05, 3.63) is 0 Å². The van der Waals surface area contributed by atoms with Crippen LogP contribution in [0.4, 0.5) is 0 Å². The van der Waals surface area contributed by atoms with Crippen molar-refractivity contribution in [2.45, 2.75) is 19.8 Å². The Morgan fingerprint density at radius 1 is 1.67 bits per heavy atom. The van der Waals surface area contributed by atoms with Crippen LogP contribution in [0.2, 0.25) is 0 Å². The zero-order valence-corrected chi connectivity index (χ0v) is 3.40. The van der Waals surface area contributed by atoms with Crippen molar-refractivity contribution in [2.75, 3.05) is 0 Å². The fourth-order valence-electron chi connectivity index (χ4n) is 0.118. The molecular weight excluding hydrogens is 179 g/mol. The number of rotatable bonds is 2. The average Bonchev–Trinajstić information content (AvgIpc) is 1.41. The van der Waals surface area contributed by atoms with Gasteiger partial charge in [-0.2, -0.15) is 0 Å². The second kappa shape index (κ2) is 9.11. The molecule has 0 aliphatic rings. The van der Waals surface area contributed by atoms with Gasteiger partial charge in [-0.15, -0.1) is 0 Å². The van der Waals surface area contributed by atoms with Gasteiger partial charge in [0, 0.05) is 6.42 Å². The molecule has 0 spiro atoms. The number of unbranched alkanes of at least 4 members (excludes halogenated alkanes) is 1. The standard InChI is InChI=1S/C4H8O.In.3H/c1-2-3-4-5;;;;/h4H,2-3H2,1H3;;;;. The summed E-state index contributed by atoms with van der Waals surface area (Å²) in [5.41, 5.74) is 0. The molecule has 0 radical (unpaired) electrons. The van der Waals surface area contributed by atoms with Gasteiger partial charge >= 0.3 is 25.8 Å². The Bertz CT molecular complexity index is 28.7. The van der Waals surface area contributed by atoms with Crippen molar-refractivity contribution in [3.8, 4) is 0 Å². The van der Waals surface area contributed by atoms with Gasteiger partial charge in [0.2, 0.25) is 0 Å². The Morgan fingerprint density at radius 2 is 2.17 bits per heavy atom. The van der Waals surface area contributed by atoms with Crippen molar-refractivity contribution in [1.82, 2.24) is 0 Å². The minimum absolute atomic E-state index is 0. The second-order valence-electron chi connectivity index (χ2n) is 0.955. The van der Waals surface area contributed by atoms with Gasteiger partial charge in [0.05, 0.1) is 0 Å². The van der Waals surface area contributed by atoms with Crippen LogP contribution in [0.5, 0.6) is 0 Å². The van der Waals surface area contributed by atoms with E-state index >= 15 is 0 Å². The van der Waals surface area contributed by atoms with E-state index in [-0.39, 0.29) is 25.8 Å². The van der Waals surface area contributed by atoms with Crippen LogP contribution in [0.1, 0.15) is 19.8 Å². The molecule has 0 aliphatic carbocycles. The van der Waals surface area contributed by atoms with Crippen molar-refractivity contribution in [1.29, 1.82) is 0 Å². The molecule has 0 N–H and O–H groups in total. The van der Waals surface area contributed by atoms with E-state index in [1.165, 1.54) is 0 Å². The van der Waals surface area contributed by atoms with Crippen LogP contribution in [0.3, 0.4) is 0 Å². The van der Waals surface area contributed by atoms with Crippen LogP contribution >= 0.6 is 0 Å². The molecule has 36 valence electrons. The van der Waals surface area contributed by atoms with Gasteiger partial charge in [0.1, 0.15) is 6.29 Å². The third-order valence-corrected chi connectivity index (χ3v) is 0.407. The molecule has 0 aromatic carbocycles. The fourth-order valence-corrected chi connectivity index (χ4v) is 0.118. The van der Waals surface area contributed by atoms with Crippen LogP contribution in [0.15, 0.2) is 0 Å². The first kappa shape index (κ1) is 9.74. The van der Waals surface area contributed by atoms with Crippen molar-refractivity contribution < 1.29 is 4.79 Å². The summed E-state index contributed by atoms with van der Waals surface area (Å²) < 4.78 is 0.